The number of carbonyl (C=O) groups excluding carboxylic acids is 1. The van der Waals surface area contributed by atoms with E-state index in [1.54, 1.807) is 12.3 Å². The lowest BCUT2D eigenvalue weighted by Gasteiger charge is -2.34. The molecule has 6 nitrogen and oxygen atoms in total. The SMILES string of the molecule is CCOc1ccc(C(=O)N2CCN(Cc3ccco3)CC2)cc1OCC. The van der Waals surface area contributed by atoms with Gasteiger partial charge >= 0.3 is 0 Å². The fourth-order valence-electron chi connectivity index (χ4n) is 3.10. The smallest absolute Gasteiger partial charge is 0.254 e. The molecule has 3 rings (SSSR count). The summed E-state index contributed by atoms with van der Waals surface area (Å²) >= 11 is 0. The van der Waals surface area contributed by atoms with Crippen LogP contribution in [0.3, 0.4) is 0 Å². The van der Waals surface area contributed by atoms with Crippen molar-refractivity contribution in [2.24, 2.45) is 0 Å². The van der Waals surface area contributed by atoms with Gasteiger partial charge in [-0.15, -0.1) is 0 Å². The second-order valence-corrected chi connectivity index (χ2v) is 6.18. The maximum atomic E-state index is 12.8. The van der Waals surface area contributed by atoms with E-state index in [1.807, 2.05) is 43.0 Å². The molecule has 1 fully saturated rings. The van der Waals surface area contributed by atoms with Crippen LogP contribution in [-0.4, -0.2) is 55.1 Å². The Kier molecular flexibility index (Phi) is 6.17. The van der Waals surface area contributed by atoms with Gasteiger partial charge in [-0.05, 0) is 44.2 Å². The Morgan fingerprint density at radius 2 is 1.77 bits per heavy atom. The number of ether oxygens (including phenoxy) is 2. The minimum absolute atomic E-state index is 0.0339. The summed E-state index contributed by atoms with van der Waals surface area (Å²) in [6, 6.07) is 9.29. The van der Waals surface area contributed by atoms with Gasteiger partial charge in [-0.2, -0.15) is 0 Å². The van der Waals surface area contributed by atoms with Crippen molar-refractivity contribution in [1.82, 2.24) is 9.80 Å². The van der Waals surface area contributed by atoms with Gasteiger partial charge in [0.1, 0.15) is 5.76 Å². The standard InChI is InChI=1S/C20H26N2O4/c1-3-24-18-8-7-16(14-19(18)25-4-2)20(23)22-11-9-21(10-12-22)15-17-6-5-13-26-17/h5-8,13-14H,3-4,9-12,15H2,1-2H3. The first kappa shape index (κ1) is 18.3. The van der Waals surface area contributed by atoms with Crippen LogP contribution in [0.25, 0.3) is 0 Å². The molecule has 0 aliphatic carbocycles. The van der Waals surface area contributed by atoms with E-state index in [9.17, 15) is 4.79 Å². The molecule has 1 aliphatic heterocycles. The minimum atomic E-state index is 0.0339. The highest BCUT2D eigenvalue weighted by Gasteiger charge is 2.23. The second-order valence-electron chi connectivity index (χ2n) is 6.18. The zero-order chi connectivity index (χ0) is 18.4. The van der Waals surface area contributed by atoms with E-state index in [-0.39, 0.29) is 5.91 Å². The van der Waals surface area contributed by atoms with Crippen LogP contribution in [-0.2, 0) is 6.54 Å². The Morgan fingerprint density at radius 3 is 2.42 bits per heavy atom. The van der Waals surface area contributed by atoms with Crippen molar-refractivity contribution in [3.8, 4) is 11.5 Å². The van der Waals surface area contributed by atoms with Crippen LogP contribution in [0.5, 0.6) is 11.5 Å². The Hall–Kier alpha value is -2.47. The van der Waals surface area contributed by atoms with Gasteiger partial charge in [-0.3, -0.25) is 9.69 Å². The van der Waals surface area contributed by atoms with Crippen molar-refractivity contribution in [1.29, 1.82) is 0 Å². The fourth-order valence-corrected chi connectivity index (χ4v) is 3.10. The quantitative estimate of drug-likeness (QED) is 0.761. The third-order valence-electron chi connectivity index (χ3n) is 4.41. The van der Waals surface area contributed by atoms with Gasteiger partial charge in [0, 0.05) is 31.7 Å². The Balaban J connectivity index is 1.61. The van der Waals surface area contributed by atoms with E-state index in [2.05, 4.69) is 4.90 Å². The average molecular weight is 358 g/mol. The molecule has 1 aromatic heterocycles. The second kappa shape index (κ2) is 8.76. The van der Waals surface area contributed by atoms with Crippen LogP contribution < -0.4 is 9.47 Å². The summed E-state index contributed by atoms with van der Waals surface area (Å²) in [5.74, 6) is 2.29. The number of amides is 1. The molecule has 1 aliphatic rings. The van der Waals surface area contributed by atoms with Gasteiger partial charge in [0.15, 0.2) is 11.5 Å². The normalized spacial score (nSPS) is 15.1. The maximum absolute atomic E-state index is 12.8. The molecule has 1 saturated heterocycles. The Bertz CT molecular complexity index is 707. The Labute approximate surface area is 154 Å². The van der Waals surface area contributed by atoms with E-state index in [0.717, 1.165) is 25.4 Å². The zero-order valence-electron chi connectivity index (χ0n) is 15.4. The van der Waals surface area contributed by atoms with Crippen molar-refractivity contribution >= 4 is 5.91 Å². The fraction of sp³-hybridized carbons (Fsp3) is 0.450. The molecule has 0 bridgehead atoms. The van der Waals surface area contributed by atoms with E-state index in [0.29, 0.717) is 43.4 Å². The van der Waals surface area contributed by atoms with Crippen LogP contribution in [0, 0.1) is 0 Å². The summed E-state index contributed by atoms with van der Waals surface area (Å²) in [6.45, 7) is 8.80. The number of hydrogen-bond donors (Lipinski definition) is 0. The molecule has 0 unspecified atom stereocenters. The van der Waals surface area contributed by atoms with Gasteiger partial charge in [0.25, 0.3) is 5.91 Å². The molecule has 26 heavy (non-hydrogen) atoms. The summed E-state index contributed by atoms with van der Waals surface area (Å²) in [6.07, 6.45) is 1.69. The highest BCUT2D eigenvalue weighted by atomic mass is 16.5. The summed E-state index contributed by atoms with van der Waals surface area (Å²) in [5, 5.41) is 0. The highest BCUT2D eigenvalue weighted by Crippen LogP contribution is 2.29. The van der Waals surface area contributed by atoms with Crippen LogP contribution in [0.1, 0.15) is 30.0 Å². The minimum Gasteiger partial charge on any atom is -0.490 e. The van der Waals surface area contributed by atoms with Crippen LogP contribution in [0.15, 0.2) is 41.0 Å². The molecule has 140 valence electrons. The number of carbonyl (C=O) groups is 1. The first-order chi connectivity index (χ1) is 12.7. The number of rotatable bonds is 7. The van der Waals surface area contributed by atoms with Crippen molar-refractivity contribution < 1.29 is 18.7 Å². The molecule has 0 N–H and O–H groups in total. The number of furan rings is 1. The third-order valence-corrected chi connectivity index (χ3v) is 4.41. The van der Waals surface area contributed by atoms with E-state index >= 15 is 0 Å². The van der Waals surface area contributed by atoms with Gasteiger partial charge < -0.3 is 18.8 Å². The predicted octanol–water partition coefficient (Wildman–Crippen LogP) is 3.04. The Morgan fingerprint density at radius 1 is 1.04 bits per heavy atom. The molecular formula is C20H26N2O4. The van der Waals surface area contributed by atoms with Crippen molar-refractivity contribution in [2.75, 3.05) is 39.4 Å². The van der Waals surface area contributed by atoms with Crippen molar-refractivity contribution in [3.05, 3.63) is 47.9 Å². The molecular weight excluding hydrogens is 332 g/mol. The van der Waals surface area contributed by atoms with Crippen molar-refractivity contribution in [2.45, 2.75) is 20.4 Å². The topological polar surface area (TPSA) is 55.2 Å². The molecule has 0 radical (unpaired) electrons. The first-order valence-corrected chi connectivity index (χ1v) is 9.15. The first-order valence-electron chi connectivity index (χ1n) is 9.15. The number of nitrogens with zero attached hydrogens (tertiary/aromatic N) is 2. The highest BCUT2D eigenvalue weighted by molar-refractivity contribution is 5.95. The van der Waals surface area contributed by atoms with Crippen LogP contribution in [0.2, 0.25) is 0 Å². The summed E-state index contributed by atoms with van der Waals surface area (Å²) in [5.41, 5.74) is 0.636. The summed E-state index contributed by atoms with van der Waals surface area (Å²) in [7, 11) is 0. The van der Waals surface area contributed by atoms with Gasteiger partial charge in [0.2, 0.25) is 0 Å². The molecule has 1 amide bonds. The molecule has 0 spiro atoms. The maximum Gasteiger partial charge on any atom is 0.254 e. The van der Waals surface area contributed by atoms with Gasteiger partial charge in [-0.25, -0.2) is 0 Å². The molecule has 0 saturated carbocycles. The van der Waals surface area contributed by atoms with Crippen LogP contribution >= 0.6 is 0 Å². The van der Waals surface area contributed by atoms with E-state index < -0.39 is 0 Å². The molecule has 6 heteroatoms. The van der Waals surface area contributed by atoms with Gasteiger partial charge in [-0.1, -0.05) is 0 Å². The molecule has 1 aromatic carbocycles. The zero-order valence-corrected chi connectivity index (χ0v) is 15.4. The largest absolute Gasteiger partial charge is 0.490 e. The number of piperazine rings is 1. The molecule has 2 heterocycles. The summed E-state index contributed by atoms with van der Waals surface area (Å²) in [4.78, 5) is 17.0. The lowest BCUT2D eigenvalue weighted by molar-refractivity contribution is 0.0620. The number of benzene rings is 1. The van der Waals surface area contributed by atoms with E-state index in [4.69, 9.17) is 13.9 Å². The van der Waals surface area contributed by atoms with Crippen molar-refractivity contribution in [3.63, 3.8) is 0 Å². The molecule has 2 aromatic rings. The lowest BCUT2D eigenvalue weighted by Crippen LogP contribution is -2.48. The lowest BCUT2D eigenvalue weighted by atomic mass is 10.1. The monoisotopic (exact) mass is 358 g/mol. The number of hydrogen-bond acceptors (Lipinski definition) is 5. The van der Waals surface area contributed by atoms with Crippen LogP contribution in [0.4, 0.5) is 0 Å². The molecule has 0 atom stereocenters. The third kappa shape index (κ3) is 4.38. The predicted molar refractivity (Wildman–Crippen MR) is 98.7 cm³/mol. The summed E-state index contributed by atoms with van der Waals surface area (Å²) < 4.78 is 16.6. The average Bonchev–Trinajstić information content (AvgIpc) is 3.17. The van der Waals surface area contributed by atoms with Gasteiger partial charge in [0.05, 0.1) is 26.0 Å². The van der Waals surface area contributed by atoms with E-state index in [1.165, 1.54) is 0 Å².